The predicted molar refractivity (Wildman–Crippen MR) is 99.2 cm³/mol. The Kier molecular flexibility index (Phi) is 5.36. The molecule has 3 rings (SSSR count). The van der Waals surface area contributed by atoms with E-state index < -0.39 is 0 Å². The van der Waals surface area contributed by atoms with Crippen LogP contribution in [0.15, 0.2) is 53.6 Å². The van der Waals surface area contributed by atoms with E-state index in [1.165, 1.54) is 10.9 Å². The van der Waals surface area contributed by atoms with Crippen LogP contribution in [0.2, 0.25) is 10.0 Å². The van der Waals surface area contributed by atoms with Crippen LogP contribution < -0.4 is 10.9 Å². The number of amides is 1. The molecule has 0 spiro atoms. The van der Waals surface area contributed by atoms with E-state index in [0.717, 1.165) is 5.56 Å². The average molecular weight is 376 g/mol. The van der Waals surface area contributed by atoms with Crippen LogP contribution >= 0.6 is 23.2 Å². The number of nitrogens with zero attached hydrogens (tertiary/aromatic N) is 2. The minimum absolute atomic E-state index is 0.0884. The third kappa shape index (κ3) is 4.38. The first-order chi connectivity index (χ1) is 12.0. The molecule has 0 fully saturated rings. The molecule has 0 unspecified atom stereocenters. The molecule has 25 heavy (non-hydrogen) atoms. The van der Waals surface area contributed by atoms with Crippen LogP contribution in [-0.2, 0) is 17.8 Å². The highest BCUT2D eigenvalue weighted by atomic mass is 35.5. The van der Waals surface area contributed by atoms with Gasteiger partial charge in [-0.25, -0.2) is 4.98 Å². The zero-order chi connectivity index (χ0) is 17.8. The Morgan fingerprint density at radius 3 is 2.56 bits per heavy atom. The molecule has 128 valence electrons. The van der Waals surface area contributed by atoms with E-state index in [-0.39, 0.29) is 18.0 Å². The molecule has 0 radical (unpaired) electrons. The van der Waals surface area contributed by atoms with Crippen molar-refractivity contribution in [1.82, 2.24) is 14.9 Å². The highest BCUT2D eigenvalue weighted by molar-refractivity contribution is 6.31. The average Bonchev–Trinajstić information content (AvgIpc) is 2.60. The zero-order valence-corrected chi connectivity index (χ0v) is 14.7. The van der Waals surface area contributed by atoms with Crippen LogP contribution in [0.4, 0.5) is 0 Å². The molecule has 1 aromatic heterocycles. The summed E-state index contributed by atoms with van der Waals surface area (Å²) >= 11 is 11.8. The highest BCUT2D eigenvalue weighted by Crippen LogP contribution is 2.14. The fourth-order valence-electron chi connectivity index (χ4n) is 2.45. The van der Waals surface area contributed by atoms with Crippen LogP contribution in [0.25, 0.3) is 10.9 Å². The van der Waals surface area contributed by atoms with Gasteiger partial charge in [-0.1, -0.05) is 35.3 Å². The summed E-state index contributed by atoms with van der Waals surface area (Å²) in [5.74, 6) is -0.251. The molecule has 1 N–H and O–H groups in total. The number of hydrogen-bond donors (Lipinski definition) is 1. The quantitative estimate of drug-likeness (QED) is 0.745. The Balaban J connectivity index is 1.63. The Morgan fingerprint density at radius 1 is 1.08 bits per heavy atom. The molecular formula is C18H15Cl2N3O2. The Morgan fingerprint density at radius 2 is 1.80 bits per heavy atom. The molecule has 0 saturated heterocycles. The van der Waals surface area contributed by atoms with Crippen molar-refractivity contribution in [3.63, 3.8) is 0 Å². The Bertz CT molecular complexity index is 968. The molecule has 0 saturated carbocycles. The predicted octanol–water partition coefficient (Wildman–Crippen LogP) is 3.06. The molecule has 0 aliphatic rings. The van der Waals surface area contributed by atoms with E-state index in [2.05, 4.69) is 10.3 Å². The minimum atomic E-state index is -0.291. The number of rotatable bonds is 5. The van der Waals surface area contributed by atoms with Crippen LogP contribution in [-0.4, -0.2) is 22.0 Å². The van der Waals surface area contributed by atoms with Crippen LogP contribution in [0.5, 0.6) is 0 Å². The molecular weight excluding hydrogens is 361 g/mol. The number of hydrogen-bond acceptors (Lipinski definition) is 3. The van der Waals surface area contributed by atoms with Crippen molar-refractivity contribution in [3.8, 4) is 0 Å². The smallest absolute Gasteiger partial charge is 0.261 e. The van der Waals surface area contributed by atoms with Crippen LogP contribution in [0.1, 0.15) is 5.56 Å². The second-order valence-corrected chi connectivity index (χ2v) is 6.44. The number of fused-ring (bicyclic) bond motifs is 1. The molecule has 7 heteroatoms. The van der Waals surface area contributed by atoms with E-state index in [0.29, 0.717) is 33.9 Å². The zero-order valence-electron chi connectivity index (χ0n) is 13.2. The first-order valence-electron chi connectivity index (χ1n) is 7.69. The summed E-state index contributed by atoms with van der Waals surface area (Å²) in [5.41, 5.74) is 1.33. The maximum Gasteiger partial charge on any atom is 0.261 e. The third-order valence-electron chi connectivity index (χ3n) is 3.75. The third-order valence-corrected chi connectivity index (χ3v) is 4.24. The van der Waals surface area contributed by atoms with E-state index in [1.807, 2.05) is 24.3 Å². The Labute approximate surface area is 154 Å². The Hall–Kier alpha value is -2.37. The van der Waals surface area contributed by atoms with E-state index in [9.17, 15) is 9.59 Å². The molecule has 1 heterocycles. The summed E-state index contributed by atoms with van der Waals surface area (Å²) in [6, 6.07) is 12.3. The number of halogens is 2. The summed E-state index contributed by atoms with van der Waals surface area (Å²) in [7, 11) is 0. The molecule has 5 nitrogen and oxygen atoms in total. The van der Waals surface area contributed by atoms with Gasteiger partial charge in [0.25, 0.3) is 5.56 Å². The maximum atomic E-state index is 12.4. The van der Waals surface area contributed by atoms with Crippen molar-refractivity contribution in [2.75, 3.05) is 6.54 Å². The minimum Gasteiger partial charge on any atom is -0.354 e. The number of carbonyl (C=O) groups is 1. The van der Waals surface area contributed by atoms with Gasteiger partial charge in [0.2, 0.25) is 5.91 Å². The van der Waals surface area contributed by atoms with Gasteiger partial charge in [0.1, 0.15) is 6.54 Å². The lowest BCUT2D eigenvalue weighted by Crippen LogP contribution is -2.33. The van der Waals surface area contributed by atoms with Gasteiger partial charge in [0, 0.05) is 16.6 Å². The number of nitrogens with one attached hydrogen (secondary N) is 1. The summed E-state index contributed by atoms with van der Waals surface area (Å²) in [5, 5.41) is 4.32. The van der Waals surface area contributed by atoms with Crippen molar-refractivity contribution < 1.29 is 4.79 Å². The molecule has 1 amide bonds. The first kappa shape index (κ1) is 17.5. The van der Waals surface area contributed by atoms with E-state index >= 15 is 0 Å². The lowest BCUT2D eigenvalue weighted by molar-refractivity contribution is -0.121. The van der Waals surface area contributed by atoms with Crippen molar-refractivity contribution in [2.24, 2.45) is 0 Å². The van der Waals surface area contributed by atoms with E-state index in [4.69, 9.17) is 23.2 Å². The summed E-state index contributed by atoms with van der Waals surface area (Å²) in [4.78, 5) is 28.7. The van der Waals surface area contributed by atoms with Crippen molar-refractivity contribution in [1.29, 1.82) is 0 Å². The standard InChI is InChI=1S/C18H15Cl2N3O2/c19-13-3-1-12(2-4-13)7-8-21-17(24)10-23-11-22-16-6-5-14(20)9-15(16)18(23)25/h1-6,9,11H,7-8,10H2,(H,21,24). The number of carbonyl (C=O) groups excluding carboxylic acids is 1. The second kappa shape index (κ2) is 7.68. The summed E-state index contributed by atoms with van der Waals surface area (Å²) in [6.07, 6.45) is 2.06. The van der Waals surface area contributed by atoms with Gasteiger partial charge in [-0.15, -0.1) is 0 Å². The molecule has 0 atom stereocenters. The highest BCUT2D eigenvalue weighted by Gasteiger charge is 2.08. The van der Waals surface area contributed by atoms with Gasteiger partial charge in [-0.05, 0) is 42.3 Å². The van der Waals surface area contributed by atoms with Crippen molar-refractivity contribution in [3.05, 3.63) is 74.8 Å². The molecule has 0 aliphatic carbocycles. The fraction of sp³-hybridized carbons (Fsp3) is 0.167. The SMILES string of the molecule is O=C(Cn1cnc2ccc(Cl)cc2c1=O)NCCc1ccc(Cl)cc1. The van der Waals surface area contributed by atoms with Crippen molar-refractivity contribution >= 4 is 40.0 Å². The van der Waals surface area contributed by atoms with Gasteiger partial charge >= 0.3 is 0 Å². The van der Waals surface area contributed by atoms with Gasteiger partial charge in [0.05, 0.1) is 17.2 Å². The van der Waals surface area contributed by atoms with Gasteiger partial charge in [-0.3, -0.25) is 14.2 Å². The van der Waals surface area contributed by atoms with Crippen LogP contribution in [0.3, 0.4) is 0 Å². The topological polar surface area (TPSA) is 64.0 Å². The lowest BCUT2D eigenvalue weighted by atomic mass is 10.1. The maximum absolute atomic E-state index is 12.4. The summed E-state index contributed by atoms with van der Waals surface area (Å²) in [6.45, 7) is 0.386. The van der Waals surface area contributed by atoms with Crippen LogP contribution in [0, 0.1) is 0 Å². The lowest BCUT2D eigenvalue weighted by Gasteiger charge is -2.08. The van der Waals surface area contributed by atoms with Gasteiger partial charge in [-0.2, -0.15) is 0 Å². The molecule has 3 aromatic rings. The van der Waals surface area contributed by atoms with Crippen molar-refractivity contribution in [2.45, 2.75) is 13.0 Å². The first-order valence-corrected chi connectivity index (χ1v) is 8.44. The summed E-state index contributed by atoms with van der Waals surface area (Å²) < 4.78 is 1.27. The van der Waals surface area contributed by atoms with Gasteiger partial charge < -0.3 is 5.32 Å². The molecule has 0 bridgehead atoms. The largest absolute Gasteiger partial charge is 0.354 e. The number of benzene rings is 2. The fourth-order valence-corrected chi connectivity index (χ4v) is 2.75. The molecule has 2 aromatic carbocycles. The number of aromatic nitrogens is 2. The monoisotopic (exact) mass is 375 g/mol. The van der Waals surface area contributed by atoms with Gasteiger partial charge in [0.15, 0.2) is 0 Å². The van der Waals surface area contributed by atoms with E-state index in [1.54, 1.807) is 18.2 Å². The molecule has 0 aliphatic heterocycles. The normalized spacial score (nSPS) is 10.8. The second-order valence-electron chi connectivity index (χ2n) is 5.57.